The van der Waals surface area contributed by atoms with E-state index in [-0.39, 0.29) is 5.91 Å². The SMILES string of the molecule is CCc1ccc(CN2C([C@@H](Cc3c[nH]c4ccccc34)NC(=O)c3ccccc3N)=NNC2(C)CCc2ccccc2)cc1. The van der Waals surface area contributed by atoms with Crippen LogP contribution in [0.1, 0.15) is 52.9 Å². The van der Waals surface area contributed by atoms with Gasteiger partial charge in [0.1, 0.15) is 11.5 Å². The van der Waals surface area contributed by atoms with E-state index in [0.717, 1.165) is 41.6 Å². The summed E-state index contributed by atoms with van der Waals surface area (Å²) in [4.78, 5) is 19.5. The van der Waals surface area contributed by atoms with Crippen LogP contribution in [0.25, 0.3) is 10.9 Å². The van der Waals surface area contributed by atoms with E-state index in [1.54, 1.807) is 12.1 Å². The lowest BCUT2D eigenvalue weighted by Crippen LogP contribution is -2.56. The summed E-state index contributed by atoms with van der Waals surface area (Å²) >= 11 is 0. The summed E-state index contributed by atoms with van der Waals surface area (Å²) in [5.41, 5.74) is 16.1. The molecule has 1 aliphatic rings. The highest BCUT2D eigenvalue weighted by molar-refractivity contribution is 6.02. The van der Waals surface area contributed by atoms with Crippen LogP contribution in [-0.4, -0.2) is 33.3 Å². The van der Waals surface area contributed by atoms with Crippen molar-refractivity contribution >= 4 is 28.3 Å². The summed E-state index contributed by atoms with van der Waals surface area (Å²) in [6, 6.07) is 34.3. The van der Waals surface area contributed by atoms with E-state index in [0.29, 0.717) is 24.2 Å². The second-order valence-electron chi connectivity index (χ2n) is 11.8. The van der Waals surface area contributed by atoms with Crippen LogP contribution in [0.5, 0.6) is 0 Å². The number of hydrogen-bond donors (Lipinski definition) is 4. The van der Waals surface area contributed by atoms with Crippen molar-refractivity contribution in [2.75, 3.05) is 5.73 Å². The highest BCUT2D eigenvalue weighted by atomic mass is 16.1. The van der Waals surface area contributed by atoms with Crippen molar-refractivity contribution in [3.05, 3.63) is 137 Å². The van der Waals surface area contributed by atoms with Crippen molar-refractivity contribution in [3.63, 3.8) is 0 Å². The van der Waals surface area contributed by atoms with Gasteiger partial charge in [0.15, 0.2) is 0 Å². The van der Waals surface area contributed by atoms with Gasteiger partial charge in [-0.25, -0.2) is 0 Å². The Labute approximate surface area is 259 Å². The molecule has 0 fully saturated rings. The number of amides is 1. The fourth-order valence-electron chi connectivity index (χ4n) is 6.03. The summed E-state index contributed by atoms with van der Waals surface area (Å²) in [6.45, 7) is 5.02. The average molecular weight is 585 g/mol. The van der Waals surface area contributed by atoms with E-state index in [9.17, 15) is 4.79 Å². The zero-order valence-corrected chi connectivity index (χ0v) is 25.4. The van der Waals surface area contributed by atoms with Crippen molar-refractivity contribution < 1.29 is 4.79 Å². The summed E-state index contributed by atoms with van der Waals surface area (Å²) in [5, 5.41) is 9.43. The fourth-order valence-corrected chi connectivity index (χ4v) is 6.03. The molecule has 5 aromatic rings. The quantitative estimate of drug-likeness (QED) is 0.135. The summed E-state index contributed by atoms with van der Waals surface area (Å²) in [5.74, 6) is 0.578. The van der Waals surface area contributed by atoms with Crippen LogP contribution in [0.2, 0.25) is 0 Å². The number of fused-ring (bicyclic) bond motifs is 1. The number of carbonyl (C=O) groups excluding carboxylic acids is 1. The van der Waals surface area contributed by atoms with E-state index in [2.05, 4.69) is 95.1 Å². The zero-order valence-electron chi connectivity index (χ0n) is 25.4. The van der Waals surface area contributed by atoms with E-state index in [1.165, 1.54) is 16.7 Å². The molecule has 2 heterocycles. The van der Waals surface area contributed by atoms with Gasteiger partial charge in [-0.05, 0) is 66.6 Å². The van der Waals surface area contributed by atoms with Crippen LogP contribution in [-0.2, 0) is 25.8 Å². The Kier molecular flexibility index (Phi) is 8.37. The fraction of sp³-hybridized carbons (Fsp3) is 0.243. The van der Waals surface area contributed by atoms with E-state index < -0.39 is 11.7 Å². The first-order valence-corrected chi connectivity index (χ1v) is 15.4. The van der Waals surface area contributed by atoms with Gasteiger partial charge in [0.25, 0.3) is 5.91 Å². The van der Waals surface area contributed by atoms with Crippen molar-refractivity contribution in [1.82, 2.24) is 20.6 Å². The number of anilines is 1. The van der Waals surface area contributed by atoms with Crippen LogP contribution < -0.4 is 16.5 Å². The van der Waals surface area contributed by atoms with Gasteiger partial charge in [-0.15, -0.1) is 0 Å². The predicted molar refractivity (Wildman–Crippen MR) is 179 cm³/mol. The minimum Gasteiger partial charge on any atom is -0.398 e. The molecular weight excluding hydrogens is 544 g/mol. The van der Waals surface area contributed by atoms with E-state index >= 15 is 0 Å². The number of hydrogen-bond acceptors (Lipinski definition) is 5. The Morgan fingerprint density at radius 2 is 1.61 bits per heavy atom. The molecule has 0 bridgehead atoms. The molecule has 4 aromatic carbocycles. The molecule has 7 heteroatoms. The summed E-state index contributed by atoms with van der Waals surface area (Å²) < 4.78 is 0. The number of amidine groups is 1. The first-order chi connectivity index (χ1) is 21.4. The third kappa shape index (κ3) is 6.18. The molecule has 0 aliphatic carbocycles. The van der Waals surface area contributed by atoms with E-state index in [1.807, 2.05) is 36.5 Å². The van der Waals surface area contributed by atoms with Crippen LogP contribution in [0.4, 0.5) is 5.69 Å². The predicted octanol–water partition coefficient (Wildman–Crippen LogP) is 6.42. The minimum absolute atomic E-state index is 0.222. The number of nitrogen functional groups attached to an aromatic ring is 1. The van der Waals surface area contributed by atoms with Crippen molar-refractivity contribution in [3.8, 4) is 0 Å². The minimum atomic E-state index is -0.469. The Balaban J connectivity index is 1.36. The average Bonchev–Trinajstić information content (AvgIpc) is 3.61. The first-order valence-electron chi connectivity index (χ1n) is 15.4. The number of benzene rings is 4. The van der Waals surface area contributed by atoms with Gasteiger partial charge in [-0.3, -0.25) is 10.2 Å². The lowest BCUT2D eigenvalue weighted by Gasteiger charge is -2.39. The Morgan fingerprint density at radius 3 is 2.39 bits per heavy atom. The lowest BCUT2D eigenvalue weighted by atomic mass is 9.97. The Hall–Kier alpha value is -5.04. The highest BCUT2D eigenvalue weighted by Crippen LogP contribution is 2.30. The molecule has 0 saturated heterocycles. The maximum absolute atomic E-state index is 13.7. The second kappa shape index (κ2) is 12.7. The number of nitrogens with two attached hydrogens (primary N) is 1. The van der Waals surface area contributed by atoms with Gasteiger partial charge in [0.05, 0.1) is 11.6 Å². The van der Waals surface area contributed by atoms with Gasteiger partial charge in [-0.1, -0.05) is 91.9 Å². The number of para-hydroxylation sites is 2. The molecule has 5 N–H and O–H groups in total. The van der Waals surface area contributed by atoms with Gasteiger partial charge in [0.2, 0.25) is 0 Å². The van der Waals surface area contributed by atoms with Crippen LogP contribution in [0.3, 0.4) is 0 Å². The first kappa shape index (κ1) is 29.1. The standard InChI is InChI=1S/C37H40N6O/c1-3-26-17-19-28(20-18-26)25-43-35(41-42-37(43,2)22-21-27-11-5-4-6-12-27)34(40-36(44)31-14-7-9-15-32(31)38)23-29-24-39-33-16-10-8-13-30(29)33/h4-20,24,34,39,42H,3,21-23,25,38H2,1-2H3,(H,40,44)/t34-,37?/m1/s1. The molecule has 7 nitrogen and oxygen atoms in total. The van der Waals surface area contributed by atoms with Crippen molar-refractivity contribution in [2.24, 2.45) is 5.10 Å². The summed E-state index contributed by atoms with van der Waals surface area (Å²) in [7, 11) is 0. The van der Waals surface area contributed by atoms with Crippen molar-refractivity contribution in [1.29, 1.82) is 0 Å². The molecular formula is C37H40N6O. The maximum atomic E-state index is 13.7. The third-order valence-electron chi connectivity index (χ3n) is 8.72. The van der Waals surface area contributed by atoms with Gasteiger partial charge in [-0.2, -0.15) is 5.10 Å². The monoisotopic (exact) mass is 584 g/mol. The lowest BCUT2D eigenvalue weighted by molar-refractivity contribution is 0.0941. The maximum Gasteiger partial charge on any atom is 0.253 e. The number of aromatic amines is 1. The molecule has 0 saturated carbocycles. The molecule has 1 amide bonds. The highest BCUT2D eigenvalue weighted by Gasteiger charge is 2.42. The van der Waals surface area contributed by atoms with Crippen LogP contribution in [0, 0.1) is 0 Å². The number of aromatic nitrogens is 1. The molecule has 0 spiro atoms. The smallest absolute Gasteiger partial charge is 0.253 e. The molecule has 1 aromatic heterocycles. The summed E-state index contributed by atoms with van der Waals surface area (Å²) in [6.07, 6.45) is 5.30. The number of nitrogens with zero attached hydrogens (tertiary/aromatic N) is 2. The largest absolute Gasteiger partial charge is 0.398 e. The topological polar surface area (TPSA) is 98.5 Å². The number of nitrogens with one attached hydrogen (secondary N) is 3. The third-order valence-corrected chi connectivity index (χ3v) is 8.72. The molecule has 0 radical (unpaired) electrons. The van der Waals surface area contributed by atoms with Crippen LogP contribution >= 0.6 is 0 Å². The Morgan fingerprint density at radius 1 is 0.909 bits per heavy atom. The zero-order chi connectivity index (χ0) is 30.5. The molecule has 1 aliphatic heterocycles. The number of aryl methyl sites for hydroxylation is 2. The molecule has 6 rings (SSSR count). The van der Waals surface area contributed by atoms with E-state index in [4.69, 9.17) is 10.8 Å². The van der Waals surface area contributed by atoms with Gasteiger partial charge >= 0.3 is 0 Å². The van der Waals surface area contributed by atoms with Crippen LogP contribution in [0.15, 0.2) is 114 Å². The van der Waals surface area contributed by atoms with Gasteiger partial charge < -0.3 is 20.9 Å². The normalized spacial score (nSPS) is 16.9. The second-order valence-corrected chi connectivity index (χ2v) is 11.8. The van der Waals surface area contributed by atoms with Gasteiger partial charge in [0, 0.05) is 35.8 Å². The number of H-pyrrole nitrogens is 1. The number of rotatable bonds is 11. The number of carbonyl (C=O) groups is 1. The molecule has 1 unspecified atom stereocenters. The molecule has 2 atom stereocenters. The molecule has 44 heavy (non-hydrogen) atoms. The number of hydrazone groups is 1. The van der Waals surface area contributed by atoms with Crippen molar-refractivity contribution in [2.45, 2.75) is 57.8 Å². The molecule has 224 valence electrons. The Bertz CT molecular complexity index is 1760.